The van der Waals surface area contributed by atoms with Crippen molar-refractivity contribution in [1.29, 1.82) is 0 Å². The van der Waals surface area contributed by atoms with Crippen LogP contribution in [0.25, 0.3) is 0 Å². The van der Waals surface area contributed by atoms with Gasteiger partial charge < -0.3 is 52.7 Å². The van der Waals surface area contributed by atoms with Crippen LogP contribution in [0.3, 0.4) is 0 Å². The van der Waals surface area contributed by atoms with E-state index in [1.165, 1.54) is 83.5 Å². The fraction of sp³-hybridized carbons (Fsp3) is 0.830. The van der Waals surface area contributed by atoms with E-state index in [0.29, 0.717) is 118 Å². The molecular formula is C47H85NO12. The highest BCUT2D eigenvalue weighted by Crippen LogP contribution is 2.14. The monoisotopic (exact) mass is 856 g/mol. The van der Waals surface area contributed by atoms with Crippen LogP contribution in [0.2, 0.25) is 0 Å². The maximum absolute atomic E-state index is 12.2. The number of unbranched alkanes of at least 4 members (excludes halogenated alkanes) is 15. The summed E-state index contributed by atoms with van der Waals surface area (Å²) in [7, 11) is 0. The summed E-state index contributed by atoms with van der Waals surface area (Å²) in [6.45, 7) is 13.0. The normalized spacial score (nSPS) is 11.3. The molecule has 1 aromatic carbocycles. The molecule has 0 aliphatic heterocycles. The van der Waals surface area contributed by atoms with Crippen molar-refractivity contribution in [3.63, 3.8) is 0 Å². The Labute approximate surface area is 363 Å². The minimum Gasteiger partial charge on any atom is -0.463 e. The predicted molar refractivity (Wildman–Crippen MR) is 237 cm³/mol. The third-order valence-corrected chi connectivity index (χ3v) is 9.52. The van der Waals surface area contributed by atoms with Crippen LogP contribution in [-0.4, -0.2) is 137 Å². The van der Waals surface area contributed by atoms with Crippen LogP contribution in [0.4, 0.5) is 5.69 Å². The fourth-order valence-electron chi connectivity index (χ4n) is 5.98. The summed E-state index contributed by atoms with van der Waals surface area (Å²) < 4.78 is 54.5. The van der Waals surface area contributed by atoms with E-state index >= 15 is 0 Å². The Hall–Kier alpha value is -2.36. The smallest absolute Gasteiger partial charge is 0.338 e. The molecule has 13 heteroatoms. The standard InChI is InChI=1S/C47H85NO12/c1-3-5-7-8-9-10-11-12-13-14-15-16-17-18-19-20-46(49)59-42-40-57-38-36-55-34-32-53-30-28-51-26-27-52-29-31-54-33-35-56-37-39-58-41-43-60-47(50)44-21-23-45(24-22-44)48-25-6-4-2/h21-24,48H,3-20,25-43H2,1-2H3. The Bertz CT molecular complexity index is 1050. The first kappa shape index (κ1) is 55.7. The van der Waals surface area contributed by atoms with E-state index < -0.39 is 0 Å². The van der Waals surface area contributed by atoms with E-state index in [1.54, 1.807) is 12.1 Å². The average molecular weight is 856 g/mol. The van der Waals surface area contributed by atoms with Gasteiger partial charge in [-0.3, -0.25) is 4.79 Å². The summed E-state index contributed by atoms with van der Waals surface area (Å²) >= 11 is 0. The van der Waals surface area contributed by atoms with Gasteiger partial charge in [-0.05, 0) is 37.1 Å². The summed E-state index contributed by atoms with van der Waals surface area (Å²) in [6.07, 6.45) is 22.4. The molecule has 0 bridgehead atoms. The molecule has 0 amide bonds. The molecule has 350 valence electrons. The number of nitrogens with one attached hydrogen (secondary N) is 1. The quantitative estimate of drug-likeness (QED) is 0.0493. The molecule has 0 aromatic heterocycles. The lowest BCUT2D eigenvalue weighted by molar-refractivity contribution is -0.145. The zero-order valence-corrected chi connectivity index (χ0v) is 37.9. The zero-order chi connectivity index (χ0) is 43.1. The van der Waals surface area contributed by atoms with Crippen molar-refractivity contribution in [2.24, 2.45) is 0 Å². The number of hydrogen-bond donors (Lipinski definition) is 1. The Kier molecular flexibility index (Phi) is 42.8. The van der Waals surface area contributed by atoms with Gasteiger partial charge in [-0.15, -0.1) is 0 Å². The van der Waals surface area contributed by atoms with Gasteiger partial charge >= 0.3 is 11.9 Å². The highest BCUT2D eigenvalue weighted by molar-refractivity contribution is 5.89. The SMILES string of the molecule is CCCCCCCCCCCCCCCCCC(=O)OCCOCCOCCOCCOCCOCCOCCOCCOCCOC(=O)c1ccc(NCCCC)cc1. The van der Waals surface area contributed by atoms with Gasteiger partial charge in [0.2, 0.25) is 0 Å². The number of rotatable bonds is 48. The number of carbonyl (C=O) groups excluding carboxylic acids is 2. The van der Waals surface area contributed by atoms with E-state index in [4.69, 9.17) is 47.4 Å². The molecule has 0 saturated heterocycles. The molecular weight excluding hydrogens is 771 g/mol. The first-order valence-corrected chi connectivity index (χ1v) is 23.5. The largest absolute Gasteiger partial charge is 0.463 e. The number of benzene rings is 1. The first-order valence-electron chi connectivity index (χ1n) is 23.5. The Balaban J connectivity index is 1.69. The number of anilines is 1. The minimum atomic E-state index is -0.362. The molecule has 1 aromatic rings. The van der Waals surface area contributed by atoms with Crippen molar-refractivity contribution in [3.8, 4) is 0 Å². The summed E-state index contributed by atoms with van der Waals surface area (Å²) in [5, 5.41) is 3.32. The maximum atomic E-state index is 12.2. The molecule has 13 nitrogen and oxygen atoms in total. The molecule has 0 spiro atoms. The zero-order valence-electron chi connectivity index (χ0n) is 37.9. The summed E-state index contributed by atoms with van der Waals surface area (Å²) in [6, 6.07) is 7.30. The fourth-order valence-corrected chi connectivity index (χ4v) is 5.98. The van der Waals surface area contributed by atoms with Crippen molar-refractivity contribution < 1.29 is 57.0 Å². The highest BCUT2D eigenvalue weighted by Gasteiger charge is 2.07. The number of ether oxygens (including phenoxy) is 10. The van der Waals surface area contributed by atoms with Crippen molar-refractivity contribution in [2.45, 2.75) is 129 Å². The molecule has 0 atom stereocenters. The van der Waals surface area contributed by atoms with Crippen LogP contribution in [0.5, 0.6) is 0 Å². The van der Waals surface area contributed by atoms with E-state index in [1.807, 2.05) is 12.1 Å². The molecule has 0 unspecified atom stereocenters. The lowest BCUT2D eigenvalue weighted by Gasteiger charge is -2.09. The molecule has 0 fully saturated rings. The number of hydrogen-bond acceptors (Lipinski definition) is 13. The summed E-state index contributed by atoms with van der Waals surface area (Å²) in [5.41, 5.74) is 1.51. The molecule has 60 heavy (non-hydrogen) atoms. The Morgan fingerprint density at radius 1 is 0.383 bits per heavy atom. The van der Waals surface area contributed by atoms with Crippen LogP contribution in [0.15, 0.2) is 24.3 Å². The van der Waals surface area contributed by atoms with Gasteiger partial charge in [-0.1, -0.05) is 110 Å². The van der Waals surface area contributed by atoms with Crippen LogP contribution < -0.4 is 5.32 Å². The van der Waals surface area contributed by atoms with Gasteiger partial charge in [-0.25, -0.2) is 4.79 Å². The second-order valence-corrected chi connectivity index (χ2v) is 14.8. The van der Waals surface area contributed by atoms with E-state index in [0.717, 1.165) is 37.9 Å². The molecule has 0 heterocycles. The van der Waals surface area contributed by atoms with Gasteiger partial charge in [0, 0.05) is 18.7 Å². The van der Waals surface area contributed by atoms with Crippen molar-refractivity contribution in [1.82, 2.24) is 0 Å². The van der Waals surface area contributed by atoms with Crippen LogP contribution in [0, 0.1) is 0 Å². The number of esters is 2. The van der Waals surface area contributed by atoms with Gasteiger partial charge in [-0.2, -0.15) is 0 Å². The van der Waals surface area contributed by atoms with Crippen LogP contribution in [-0.2, 0) is 52.2 Å². The molecule has 0 aliphatic rings. The molecule has 1 N–H and O–H groups in total. The number of carbonyl (C=O) groups is 2. The van der Waals surface area contributed by atoms with Crippen molar-refractivity contribution in [2.75, 3.05) is 131 Å². The second kappa shape index (κ2) is 46.2. The van der Waals surface area contributed by atoms with E-state index in [-0.39, 0.29) is 25.2 Å². The van der Waals surface area contributed by atoms with E-state index in [9.17, 15) is 9.59 Å². The van der Waals surface area contributed by atoms with Gasteiger partial charge in [0.1, 0.15) is 13.2 Å². The topological polar surface area (TPSA) is 138 Å². The third-order valence-electron chi connectivity index (χ3n) is 9.52. The maximum Gasteiger partial charge on any atom is 0.338 e. The average Bonchev–Trinajstić information content (AvgIpc) is 3.26. The molecule has 1 rings (SSSR count). The van der Waals surface area contributed by atoms with Gasteiger partial charge in [0.15, 0.2) is 0 Å². The van der Waals surface area contributed by atoms with Gasteiger partial charge in [0.25, 0.3) is 0 Å². The van der Waals surface area contributed by atoms with Gasteiger partial charge in [0.05, 0.1) is 111 Å². The van der Waals surface area contributed by atoms with Crippen molar-refractivity contribution in [3.05, 3.63) is 29.8 Å². The lowest BCUT2D eigenvalue weighted by atomic mass is 10.0. The minimum absolute atomic E-state index is 0.134. The molecule has 0 saturated carbocycles. The first-order chi connectivity index (χ1) is 29.7. The van der Waals surface area contributed by atoms with E-state index in [2.05, 4.69) is 19.2 Å². The van der Waals surface area contributed by atoms with Crippen LogP contribution in [0.1, 0.15) is 140 Å². The summed E-state index contributed by atoms with van der Waals surface area (Å²) in [4.78, 5) is 24.1. The van der Waals surface area contributed by atoms with Crippen LogP contribution >= 0.6 is 0 Å². The third kappa shape index (κ3) is 39.8. The predicted octanol–water partition coefficient (Wildman–Crippen LogP) is 8.99. The Morgan fingerprint density at radius 3 is 1.07 bits per heavy atom. The molecule has 0 aliphatic carbocycles. The van der Waals surface area contributed by atoms with Crippen molar-refractivity contribution >= 4 is 17.6 Å². The second-order valence-electron chi connectivity index (χ2n) is 14.8. The molecule has 0 radical (unpaired) electrons. The summed E-state index contributed by atoms with van der Waals surface area (Å²) in [5.74, 6) is -0.496. The highest BCUT2D eigenvalue weighted by atomic mass is 16.6. The Morgan fingerprint density at radius 2 is 0.700 bits per heavy atom. The lowest BCUT2D eigenvalue weighted by Crippen LogP contribution is -2.15.